The van der Waals surface area contributed by atoms with E-state index < -0.39 is 17.7 Å². The van der Waals surface area contributed by atoms with E-state index in [1.54, 1.807) is 14.0 Å². The highest BCUT2D eigenvalue weighted by molar-refractivity contribution is 5.85. The molecule has 1 aliphatic rings. The molecule has 0 radical (unpaired) electrons. The fraction of sp³-hybridized carbons (Fsp3) is 0.900. The van der Waals surface area contributed by atoms with Gasteiger partial charge in [0.15, 0.2) is 0 Å². The van der Waals surface area contributed by atoms with Crippen LogP contribution in [0, 0.1) is 0 Å². The zero-order valence-corrected chi connectivity index (χ0v) is 9.29. The van der Waals surface area contributed by atoms with Gasteiger partial charge in [0.1, 0.15) is 0 Å². The van der Waals surface area contributed by atoms with Crippen LogP contribution in [-0.4, -0.2) is 54.4 Å². The number of amides is 1. The molecule has 0 saturated carbocycles. The molecule has 1 heterocycles. The molecule has 0 aromatic carbocycles. The number of hydrogen-bond acceptors (Lipinski definition) is 3. The standard InChI is InChI=1S/C10H19FN2O2/c1-8(14)3-6-13(2)9(15)10(11)4-5-12-7-10/h8,12,14H,3-7H2,1-2H3. The van der Waals surface area contributed by atoms with E-state index in [0.29, 0.717) is 19.5 Å². The molecule has 5 heteroatoms. The number of nitrogens with zero attached hydrogens (tertiary/aromatic N) is 1. The first-order valence-electron chi connectivity index (χ1n) is 5.29. The number of halogens is 1. The quantitative estimate of drug-likeness (QED) is 0.694. The second-order valence-corrected chi connectivity index (χ2v) is 4.26. The number of carbonyl (C=O) groups is 1. The van der Waals surface area contributed by atoms with Gasteiger partial charge in [-0.3, -0.25) is 4.79 Å². The van der Waals surface area contributed by atoms with Crippen molar-refractivity contribution in [3.8, 4) is 0 Å². The van der Waals surface area contributed by atoms with Gasteiger partial charge in [-0.2, -0.15) is 0 Å². The first-order chi connectivity index (χ1) is 6.96. The van der Waals surface area contributed by atoms with Crippen LogP contribution in [0.2, 0.25) is 0 Å². The monoisotopic (exact) mass is 218 g/mol. The molecule has 0 bridgehead atoms. The van der Waals surface area contributed by atoms with Crippen LogP contribution in [0.5, 0.6) is 0 Å². The Morgan fingerprint density at radius 3 is 2.87 bits per heavy atom. The highest BCUT2D eigenvalue weighted by Crippen LogP contribution is 2.22. The molecule has 2 unspecified atom stereocenters. The van der Waals surface area contributed by atoms with Gasteiger partial charge in [-0.15, -0.1) is 0 Å². The third kappa shape index (κ3) is 3.14. The maximum Gasteiger partial charge on any atom is 0.261 e. The summed E-state index contributed by atoms with van der Waals surface area (Å²) in [7, 11) is 1.57. The zero-order valence-electron chi connectivity index (χ0n) is 9.29. The molecule has 88 valence electrons. The third-order valence-corrected chi connectivity index (χ3v) is 2.72. The third-order valence-electron chi connectivity index (χ3n) is 2.72. The van der Waals surface area contributed by atoms with Gasteiger partial charge in [0.2, 0.25) is 5.67 Å². The molecule has 15 heavy (non-hydrogen) atoms. The van der Waals surface area contributed by atoms with Crippen LogP contribution < -0.4 is 5.32 Å². The number of aliphatic hydroxyl groups excluding tert-OH is 1. The van der Waals surface area contributed by atoms with Crippen LogP contribution in [-0.2, 0) is 4.79 Å². The van der Waals surface area contributed by atoms with Crippen LogP contribution in [0.3, 0.4) is 0 Å². The Balaban J connectivity index is 2.44. The van der Waals surface area contributed by atoms with Crippen LogP contribution >= 0.6 is 0 Å². The summed E-state index contributed by atoms with van der Waals surface area (Å²) in [5.41, 5.74) is -1.74. The van der Waals surface area contributed by atoms with Gasteiger partial charge in [-0.25, -0.2) is 4.39 Å². The van der Waals surface area contributed by atoms with Gasteiger partial charge >= 0.3 is 0 Å². The minimum Gasteiger partial charge on any atom is -0.393 e. The average molecular weight is 218 g/mol. The van der Waals surface area contributed by atoms with Gasteiger partial charge in [-0.05, 0) is 19.9 Å². The lowest BCUT2D eigenvalue weighted by Crippen LogP contribution is -2.46. The molecule has 1 fully saturated rings. The van der Waals surface area contributed by atoms with Gasteiger partial charge in [-0.1, -0.05) is 0 Å². The SMILES string of the molecule is CC(O)CCN(C)C(=O)C1(F)CCNC1. The van der Waals surface area contributed by atoms with Crippen molar-refractivity contribution >= 4 is 5.91 Å². The van der Waals surface area contributed by atoms with E-state index >= 15 is 0 Å². The smallest absolute Gasteiger partial charge is 0.261 e. The fourth-order valence-electron chi connectivity index (χ4n) is 1.67. The predicted octanol–water partition coefficient (Wildman–Crippen LogP) is -0.0827. The summed E-state index contributed by atoms with van der Waals surface area (Å²) in [6.45, 7) is 2.69. The molecule has 1 aliphatic heterocycles. The molecule has 2 N–H and O–H groups in total. The van der Waals surface area contributed by atoms with Crippen molar-refractivity contribution in [2.75, 3.05) is 26.7 Å². The first kappa shape index (κ1) is 12.4. The second kappa shape index (κ2) is 4.90. The minimum absolute atomic E-state index is 0.102. The highest BCUT2D eigenvalue weighted by atomic mass is 19.1. The lowest BCUT2D eigenvalue weighted by atomic mass is 10.0. The fourth-order valence-corrected chi connectivity index (χ4v) is 1.67. The Hall–Kier alpha value is -0.680. The van der Waals surface area contributed by atoms with Crippen LogP contribution in [0.25, 0.3) is 0 Å². The van der Waals surface area contributed by atoms with E-state index in [1.165, 1.54) is 4.90 Å². The molecule has 0 aromatic heterocycles. The van der Waals surface area contributed by atoms with E-state index in [1.807, 2.05) is 0 Å². The number of alkyl halides is 1. The zero-order chi connectivity index (χ0) is 11.5. The van der Waals surface area contributed by atoms with Crippen molar-refractivity contribution in [1.29, 1.82) is 0 Å². The Kier molecular flexibility index (Phi) is 4.04. The van der Waals surface area contributed by atoms with E-state index in [2.05, 4.69) is 5.32 Å². The normalized spacial score (nSPS) is 27.7. The Labute approximate surface area is 89.4 Å². The Bertz CT molecular complexity index is 227. The summed E-state index contributed by atoms with van der Waals surface area (Å²) in [5, 5.41) is 11.9. The number of nitrogens with one attached hydrogen (secondary N) is 1. The van der Waals surface area contributed by atoms with Crippen molar-refractivity contribution in [3.05, 3.63) is 0 Å². The molecule has 2 atom stereocenters. The van der Waals surface area contributed by atoms with E-state index in [9.17, 15) is 9.18 Å². The topological polar surface area (TPSA) is 52.6 Å². The Morgan fingerprint density at radius 1 is 1.73 bits per heavy atom. The molecular weight excluding hydrogens is 199 g/mol. The van der Waals surface area contributed by atoms with E-state index in [0.717, 1.165) is 0 Å². The lowest BCUT2D eigenvalue weighted by Gasteiger charge is -2.25. The average Bonchev–Trinajstić information content (AvgIpc) is 2.61. The highest BCUT2D eigenvalue weighted by Gasteiger charge is 2.43. The summed E-state index contributed by atoms with van der Waals surface area (Å²) in [5.74, 6) is -0.479. The molecule has 0 spiro atoms. The molecule has 4 nitrogen and oxygen atoms in total. The summed E-state index contributed by atoms with van der Waals surface area (Å²) >= 11 is 0. The summed E-state index contributed by atoms with van der Waals surface area (Å²) in [4.78, 5) is 13.1. The van der Waals surface area contributed by atoms with Crippen molar-refractivity contribution in [2.45, 2.75) is 31.5 Å². The second-order valence-electron chi connectivity index (χ2n) is 4.26. The summed E-state index contributed by atoms with van der Waals surface area (Å²) < 4.78 is 14.0. The molecule has 0 aliphatic carbocycles. The first-order valence-corrected chi connectivity index (χ1v) is 5.29. The molecule has 0 aromatic rings. The van der Waals surface area contributed by atoms with Crippen molar-refractivity contribution in [2.24, 2.45) is 0 Å². The predicted molar refractivity (Wildman–Crippen MR) is 55.3 cm³/mol. The van der Waals surface area contributed by atoms with Crippen molar-refractivity contribution in [1.82, 2.24) is 10.2 Å². The van der Waals surface area contributed by atoms with Crippen LogP contribution in [0.4, 0.5) is 4.39 Å². The largest absolute Gasteiger partial charge is 0.393 e. The van der Waals surface area contributed by atoms with Gasteiger partial charge < -0.3 is 15.3 Å². The number of aliphatic hydroxyl groups is 1. The molecular formula is C10H19FN2O2. The maximum absolute atomic E-state index is 14.0. The number of carbonyl (C=O) groups excluding carboxylic acids is 1. The maximum atomic E-state index is 14.0. The van der Waals surface area contributed by atoms with Crippen LogP contribution in [0.15, 0.2) is 0 Å². The van der Waals surface area contributed by atoms with E-state index in [4.69, 9.17) is 5.11 Å². The lowest BCUT2D eigenvalue weighted by molar-refractivity contribution is -0.141. The number of hydrogen-bond donors (Lipinski definition) is 2. The molecule has 1 amide bonds. The van der Waals surface area contributed by atoms with Gasteiger partial charge in [0.05, 0.1) is 6.10 Å². The number of rotatable bonds is 4. The Morgan fingerprint density at radius 2 is 2.40 bits per heavy atom. The van der Waals surface area contributed by atoms with Gasteiger partial charge in [0.25, 0.3) is 5.91 Å². The summed E-state index contributed by atoms with van der Waals surface area (Å²) in [6, 6.07) is 0. The van der Waals surface area contributed by atoms with Crippen molar-refractivity contribution in [3.63, 3.8) is 0 Å². The summed E-state index contributed by atoms with van der Waals surface area (Å²) in [6.07, 6.45) is 0.258. The van der Waals surface area contributed by atoms with Crippen LogP contribution in [0.1, 0.15) is 19.8 Å². The molecule has 1 saturated heterocycles. The van der Waals surface area contributed by atoms with Crippen molar-refractivity contribution < 1.29 is 14.3 Å². The van der Waals surface area contributed by atoms with Gasteiger partial charge in [0, 0.05) is 26.6 Å². The van der Waals surface area contributed by atoms with E-state index in [-0.39, 0.29) is 13.0 Å². The minimum atomic E-state index is -1.74. The molecule has 1 rings (SSSR count).